The molecule has 0 bridgehead atoms. The fourth-order valence-electron chi connectivity index (χ4n) is 1.86. The van der Waals surface area contributed by atoms with Crippen LogP contribution >= 0.6 is 0 Å². The molecule has 2 rings (SSSR count). The molecule has 1 heterocycles. The van der Waals surface area contributed by atoms with Crippen LogP contribution in [0.15, 0.2) is 36.5 Å². The zero-order valence-electron chi connectivity index (χ0n) is 11.3. The molecule has 3 N–H and O–H groups in total. The average molecular weight is 257 g/mol. The number of carbonyl (C=O) groups is 1. The molecule has 0 radical (unpaired) electrons. The van der Waals surface area contributed by atoms with Gasteiger partial charge in [0.25, 0.3) is 0 Å². The minimum Gasteiger partial charge on any atom is -0.327 e. The normalized spacial score (nSPS) is 12.6. The van der Waals surface area contributed by atoms with Crippen LogP contribution in [0.2, 0.25) is 0 Å². The largest absolute Gasteiger partial charge is 0.327 e. The number of aromatic nitrogens is 1. The summed E-state index contributed by atoms with van der Waals surface area (Å²) in [7, 11) is 0. The maximum absolute atomic E-state index is 12.0. The summed E-state index contributed by atoms with van der Waals surface area (Å²) in [5.74, 6) is 0.234. The van der Waals surface area contributed by atoms with Gasteiger partial charge in [-0.15, -0.1) is 0 Å². The minimum absolute atomic E-state index is 0.0578. The summed E-state index contributed by atoms with van der Waals surface area (Å²) in [6.07, 6.45) is 2.07. The van der Waals surface area contributed by atoms with E-state index in [-0.39, 0.29) is 11.9 Å². The number of rotatable bonds is 4. The second-order valence-electron chi connectivity index (χ2n) is 5.04. The summed E-state index contributed by atoms with van der Waals surface area (Å²) in [4.78, 5) is 16.2. The van der Waals surface area contributed by atoms with Crippen LogP contribution in [0.1, 0.15) is 20.3 Å². The molecular weight excluding hydrogens is 238 g/mol. The summed E-state index contributed by atoms with van der Waals surface area (Å²) in [6.45, 7) is 4.03. The van der Waals surface area contributed by atoms with Gasteiger partial charge in [0.1, 0.15) is 0 Å². The number of amides is 1. The lowest BCUT2D eigenvalue weighted by Gasteiger charge is -2.15. The van der Waals surface area contributed by atoms with Crippen LogP contribution in [0.3, 0.4) is 0 Å². The van der Waals surface area contributed by atoms with E-state index in [1.165, 1.54) is 0 Å². The molecule has 4 nitrogen and oxygen atoms in total. The third-order valence-electron chi connectivity index (χ3n) is 3.20. The predicted molar refractivity (Wildman–Crippen MR) is 77.8 cm³/mol. The maximum Gasteiger partial charge on any atom is 0.225 e. The Labute approximate surface area is 113 Å². The number of anilines is 1. The van der Waals surface area contributed by atoms with Gasteiger partial charge in [0.05, 0.1) is 11.2 Å². The van der Waals surface area contributed by atoms with E-state index in [9.17, 15) is 4.79 Å². The maximum atomic E-state index is 12.0. The van der Waals surface area contributed by atoms with Gasteiger partial charge in [-0.25, -0.2) is 0 Å². The first kappa shape index (κ1) is 13.5. The lowest BCUT2D eigenvalue weighted by molar-refractivity contribution is -0.116. The van der Waals surface area contributed by atoms with E-state index in [1.54, 1.807) is 6.20 Å². The molecule has 1 amide bonds. The van der Waals surface area contributed by atoms with Crippen LogP contribution in [0, 0.1) is 5.92 Å². The van der Waals surface area contributed by atoms with Crippen molar-refractivity contribution in [2.24, 2.45) is 11.7 Å². The number of fused-ring (bicyclic) bond motifs is 1. The number of hydrogen-bond acceptors (Lipinski definition) is 3. The highest BCUT2D eigenvalue weighted by Crippen LogP contribution is 2.21. The Morgan fingerprint density at radius 2 is 2.11 bits per heavy atom. The molecule has 0 aliphatic carbocycles. The van der Waals surface area contributed by atoms with E-state index in [1.807, 2.05) is 44.2 Å². The van der Waals surface area contributed by atoms with Gasteiger partial charge in [0, 0.05) is 24.0 Å². The fourth-order valence-corrected chi connectivity index (χ4v) is 1.86. The van der Waals surface area contributed by atoms with Crippen molar-refractivity contribution in [2.75, 3.05) is 5.32 Å². The molecule has 1 atom stereocenters. The van der Waals surface area contributed by atoms with Crippen LogP contribution in [0.5, 0.6) is 0 Å². The standard InChI is InChI=1S/C15H19N3O/c1-10(2)12(16)9-15(19)18-14-7-3-6-13-11(14)5-4-8-17-13/h3-8,10,12H,9,16H2,1-2H3,(H,18,19). The van der Waals surface area contributed by atoms with Crippen molar-refractivity contribution >= 4 is 22.5 Å². The third-order valence-corrected chi connectivity index (χ3v) is 3.20. The molecule has 4 heteroatoms. The topological polar surface area (TPSA) is 68.0 Å². The van der Waals surface area contributed by atoms with Gasteiger partial charge in [-0.05, 0) is 30.2 Å². The first-order valence-electron chi connectivity index (χ1n) is 6.47. The molecule has 0 saturated heterocycles. The Morgan fingerprint density at radius 1 is 1.32 bits per heavy atom. The Morgan fingerprint density at radius 3 is 2.84 bits per heavy atom. The van der Waals surface area contributed by atoms with Gasteiger partial charge in [0.2, 0.25) is 5.91 Å². The molecular formula is C15H19N3O. The van der Waals surface area contributed by atoms with Crippen molar-refractivity contribution in [3.63, 3.8) is 0 Å². The summed E-state index contributed by atoms with van der Waals surface area (Å²) in [5.41, 5.74) is 7.56. The summed E-state index contributed by atoms with van der Waals surface area (Å²) < 4.78 is 0. The smallest absolute Gasteiger partial charge is 0.225 e. The number of nitrogens with zero attached hydrogens (tertiary/aromatic N) is 1. The second kappa shape index (κ2) is 5.80. The Kier molecular flexibility index (Phi) is 4.12. The second-order valence-corrected chi connectivity index (χ2v) is 5.04. The van der Waals surface area contributed by atoms with Crippen LogP contribution in [-0.4, -0.2) is 16.9 Å². The van der Waals surface area contributed by atoms with E-state index in [0.717, 1.165) is 16.6 Å². The van der Waals surface area contributed by atoms with Crippen molar-refractivity contribution in [1.29, 1.82) is 0 Å². The molecule has 0 aliphatic heterocycles. The number of hydrogen-bond donors (Lipinski definition) is 2. The van der Waals surface area contributed by atoms with E-state index in [0.29, 0.717) is 12.3 Å². The van der Waals surface area contributed by atoms with Crippen molar-refractivity contribution in [3.8, 4) is 0 Å². The zero-order chi connectivity index (χ0) is 13.8. The van der Waals surface area contributed by atoms with Gasteiger partial charge in [-0.1, -0.05) is 19.9 Å². The number of nitrogens with one attached hydrogen (secondary N) is 1. The zero-order valence-corrected chi connectivity index (χ0v) is 11.3. The van der Waals surface area contributed by atoms with Crippen molar-refractivity contribution in [2.45, 2.75) is 26.3 Å². The van der Waals surface area contributed by atoms with Crippen LogP contribution in [0.25, 0.3) is 10.9 Å². The Bertz CT molecular complexity index is 575. The Hall–Kier alpha value is -1.94. The number of benzene rings is 1. The number of carbonyl (C=O) groups excluding carboxylic acids is 1. The lowest BCUT2D eigenvalue weighted by Crippen LogP contribution is -2.31. The molecule has 2 aromatic rings. The minimum atomic E-state index is -0.117. The first-order valence-corrected chi connectivity index (χ1v) is 6.47. The van der Waals surface area contributed by atoms with E-state index in [4.69, 9.17) is 5.73 Å². The third kappa shape index (κ3) is 3.29. The fraction of sp³-hybridized carbons (Fsp3) is 0.333. The van der Waals surface area contributed by atoms with Gasteiger partial charge in [-0.2, -0.15) is 0 Å². The molecule has 0 saturated carbocycles. The van der Waals surface area contributed by atoms with Crippen LogP contribution in [0.4, 0.5) is 5.69 Å². The average Bonchev–Trinajstić information content (AvgIpc) is 2.39. The molecule has 0 aliphatic rings. The monoisotopic (exact) mass is 257 g/mol. The lowest BCUT2D eigenvalue weighted by atomic mass is 10.0. The molecule has 0 fully saturated rings. The van der Waals surface area contributed by atoms with Gasteiger partial charge >= 0.3 is 0 Å². The summed E-state index contributed by atoms with van der Waals surface area (Å²) in [6, 6.07) is 9.37. The van der Waals surface area contributed by atoms with E-state index >= 15 is 0 Å². The van der Waals surface area contributed by atoms with Crippen molar-refractivity contribution in [3.05, 3.63) is 36.5 Å². The Balaban J connectivity index is 2.15. The number of nitrogens with two attached hydrogens (primary N) is 1. The molecule has 1 aromatic carbocycles. The molecule has 100 valence electrons. The van der Waals surface area contributed by atoms with Gasteiger partial charge in [0.15, 0.2) is 0 Å². The molecule has 1 aromatic heterocycles. The van der Waals surface area contributed by atoms with Crippen molar-refractivity contribution < 1.29 is 4.79 Å². The molecule has 1 unspecified atom stereocenters. The predicted octanol–water partition coefficient (Wildman–Crippen LogP) is 2.55. The molecule has 19 heavy (non-hydrogen) atoms. The van der Waals surface area contributed by atoms with Gasteiger partial charge in [-0.3, -0.25) is 9.78 Å². The molecule has 0 spiro atoms. The van der Waals surface area contributed by atoms with Crippen LogP contribution < -0.4 is 11.1 Å². The first-order chi connectivity index (χ1) is 9.08. The number of pyridine rings is 1. The van der Waals surface area contributed by atoms with E-state index < -0.39 is 0 Å². The highest BCUT2D eigenvalue weighted by atomic mass is 16.1. The highest BCUT2D eigenvalue weighted by Gasteiger charge is 2.13. The summed E-state index contributed by atoms with van der Waals surface area (Å²) in [5, 5.41) is 3.85. The van der Waals surface area contributed by atoms with Gasteiger partial charge < -0.3 is 11.1 Å². The SMILES string of the molecule is CC(C)C(N)CC(=O)Nc1cccc2ncccc12. The van der Waals surface area contributed by atoms with Crippen molar-refractivity contribution in [1.82, 2.24) is 4.98 Å². The highest BCUT2D eigenvalue weighted by molar-refractivity contribution is 6.01. The summed E-state index contributed by atoms with van der Waals surface area (Å²) >= 11 is 0. The quantitative estimate of drug-likeness (QED) is 0.884. The van der Waals surface area contributed by atoms with E-state index in [2.05, 4.69) is 10.3 Å². The van der Waals surface area contributed by atoms with Crippen LogP contribution in [-0.2, 0) is 4.79 Å².